The largest absolute Gasteiger partial charge is 0.282 e. The van der Waals surface area contributed by atoms with Crippen LogP contribution in [0, 0.1) is 3.57 Å². The quantitative estimate of drug-likeness (QED) is 0.835. The molecule has 0 heterocycles. The topological polar surface area (TPSA) is 46.2 Å². The maximum absolute atomic E-state index is 12.2. The summed E-state index contributed by atoms with van der Waals surface area (Å²) in [5.41, 5.74) is 0.693. The van der Waals surface area contributed by atoms with Gasteiger partial charge >= 0.3 is 0 Å². The van der Waals surface area contributed by atoms with Crippen molar-refractivity contribution in [2.45, 2.75) is 37.4 Å². The SMILES string of the molecule is O=S(=O)(Nc1ccccc1I)C1CCCCC1. The van der Waals surface area contributed by atoms with E-state index in [2.05, 4.69) is 27.3 Å². The van der Waals surface area contributed by atoms with Gasteiger partial charge in [0.25, 0.3) is 0 Å². The second-order valence-corrected chi connectivity index (χ2v) is 7.51. The maximum Gasteiger partial charge on any atom is 0.235 e. The number of benzene rings is 1. The molecule has 1 aromatic rings. The van der Waals surface area contributed by atoms with Gasteiger partial charge in [-0.1, -0.05) is 31.4 Å². The minimum absolute atomic E-state index is 0.216. The van der Waals surface area contributed by atoms with E-state index < -0.39 is 10.0 Å². The van der Waals surface area contributed by atoms with Crippen molar-refractivity contribution >= 4 is 38.3 Å². The highest BCUT2D eigenvalue weighted by atomic mass is 127. The van der Waals surface area contributed by atoms with Crippen molar-refractivity contribution in [1.82, 2.24) is 0 Å². The first-order chi connectivity index (χ1) is 8.09. The lowest BCUT2D eigenvalue weighted by atomic mass is 10.0. The van der Waals surface area contributed by atoms with Crippen LogP contribution in [-0.4, -0.2) is 13.7 Å². The molecule has 0 unspecified atom stereocenters. The minimum Gasteiger partial charge on any atom is -0.282 e. The van der Waals surface area contributed by atoms with Crippen LogP contribution < -0.4 is 4.72 Å². The van der Waals surface area contributed by atoms with E-state index in [1.54, 1.807) is 0 Å². The van der Waals surface area contributed by atoms with E-state index in [1.165, 1.54) is 0 Å². The van der Waals surface area contributed by atoms with Crippen LogP contribution in [-0.2, 0) is 10.0 Å². The van der Waals surface area contributed by atoms with Crippen molar-refractivity contribution in [3.8, 4) is 0 Å². The van der Waals surface area contributed by atoms with Crippen LogP contribution in [0.25, 0.3) is 0 Å². The Bertz CT molecular complexity index is 481. The third-order valence-electron chi connectivity index (χ3n) is 3.12. The van der Waals surface area contributed by atoms with Gasteiger partial charge in [0.1, 0.15) is 0 Å². The van der Waals surface area contributed by atoms with Gasteiger partial charge in [0.2, 0.25) is 10.0 Å². The zero-order chi connectivity index (χ0) is 12.3. The molecule has 1 N–H and O–H groups in total. The molecule has 0 atom stereocenters. The van der Waals surface area contributed by atoms with Crippen LogP contribution in [0.1, 0.15) is 32.1 Å². The number of hydrogen-bond acceptors (Lipinski definition) is 2. The second-order valence-electron chi connectivity index (χ2n) is 4.39. The molecular weight excluding hydrogens is 349 g/mol. The van der Waals surface area contributed by atoms with Crippen molar-refractivity contribution in [1.29, 1.82) is 0 Å². The van der Waals surface area contributed by atoms with E-state index in [9.17, 15) is 8.42 Å². The average molecular weight is 365 g/mol. The van der Waals surface area contributed by atoms with Crippen LogP contribution in [0.5, 0.6) is 0 Å². The zero-order valence-corrected chi connectivity index (χ0v) is 12.5. The molecule has 1 saturated carbocycles. The van der Waals surface area contributed by atoms with Gasteiger partial charge in [-0.15, -0.1) is 0 Å². The van der Waals surface area contributed by atoms with Crippen LogP contribution in [0.15, 0.2) is 24.3 Å². The van der Waals surface area contributed by atoms with Crippen LogP contribution in [0.3, 0.4) is 0 Å². The van der Waals surface area contributed by atoms with Crippen LogP contribution in [0.4, 0.5) is 5.69 Å². The van der Waals surface area contributed by atoms with E-state index in [4.69, 9.17) is 0 Å². The summed E-state index contributed by atoms with van der Waals surface area (Å²) in [5, 5.41) is -0.216. The van der Waals surface area contributed by atoms with Crippen molar-refractivity contribution in [2.75, 3.05) is 4.72 Å². The molecule has 1 aliphatic rings. The van der Waals surface area contributed by atoms with Gasteiger partial charge in [-0.05, 0) is 47.6 Å². The monoisotopic (exact) mass is 365 g/mol. The number of nitrogens with one attached hydrogen (secondary N) is 1. The fraction of sp³-hybridized carbons (Fsp3) is 0.500. The predicted octanol–water partition coefficient (Wildman–Crippen LogP) is 3.37. The highest BCUT2D eigenvalue weighted by molar-refractivity contribution is 14.1. The van der Waals surface area contributed by atoms with Gasteiger partial charge in [0.05, 0.1) is 10.9 Å². The molecule has 17 heavy (non-hydrogen) atoms. The summed E-state index contributed by atoms with van der Waals surface area (Å²) in [6.45, 7) is 0. The molecule has 0 bridgehead atoms. The van der Waals surface area contributed by atoms with E-state index in [0.717, 1.165) is 35.7 Å². The smallest absolute Gasteiger partial charge is 0.235 e. The fourth-order valence-electron chi connectivity index (χ4n) is 2.16. The summed E-state index contributed by atoms with van der Waals surface area (Å²) in [7, 11) is -3.21. The maximum atomic E-state index is 12.2. The molecule has 0 saturated heterocycles. The summed E-state index contributed by atoms with van der Waals surface area (Å²) in [5.74, 6) is 0. The Morgan fingerprint density at radius 2 is 1.76 bits per heavy atom. The van der Waals surface area contributed by atoms with E-state index in [0.29, 0.717) is 5.69 Å². The lowest BCUT2D eigenvalue weighted by Gasteiger charge is -2.22. The Morgan fingerprint density at radius 1 is 1.12 bits per heavy atom. The van der Waals surface area contributed by atoms with E-state index >= 15 is 0 Å². The molecule has 1 aliphatic carbocycles. The zero-order valence-electron chi connectivity index (χ0n) is 9.52. The summed E-state index contributed by atoms with van der Waals surface area (Å²) in [6.07, 6.45) is 4.79. The molecule has 1 aromatic carbocycles. The normalized spacial score (nSPS) is 17.9. The van der Waals surface area contributed by atoms with Gasteiger partial charge < -0.3 is 0 Å². The first-order valence-electron chi connectivity index (χ1n) is 5.86. The number of halogens is 1. The van der Waals surface area contributed by atoms with Gasteiger partial charge in [-0.3, -0.25) is 4.72 Å². The Balaban J connectivity index is 2.14. The first-order valence-corrected chi connectivity index (χ1v) is 8.48. The van der Waals surface area contributed by atoms with Crippen molar-refractivity contribution in [3.05, 3.63) is 27.8 Å². The standard InChI is InChI=1S/C12H16INO2S/c13-11-8-4-5-9-12(11)14-17(15,16)10-6-2-1-3-7-10/h4-5,8-10,14H,1-3,6-7H2. The Morgan fingerprint density at radius 3 is 2.41 bits per heavy atom. The molecule has 1 fully saturated rings. The lowest BCUT2D eigenvalue weighted by Crippen LogP contribution is -2.29. The number of anilines is 1. The Hall–Kier alpha value is -0.300. The van der Waals surface area contributed by atoms with Crippen molar-refractivity contribution in [2.24, 2.45) is 0 Å². The molecule has 0 amide bonds. The molecule has 0 aromatic heterocycles. The Labute approximate surface area is 116 Å². The summed E-state index contributed by atoms with van der Waals surface area (Å²) < 4.78 is 28.0. The third-order valence-corrected chi connectivity index (χ3v) is 5.91. The van der Waals surface area contributed by atoms with Crippen molar-refractivity contribution in [3.63, 3.8) is 0 Å². The van der Waals surface area contributed by atoms with E-state index in [-0.39, 0.29) is 5.25 Å². The molecule has 2 rings (SSSR count). The average Bonchev–Trinajstić information content (AvgIpc) is 2.33. The molecule has 5 heteroatoms. The number of rotatable bonds is 3. The molecule has 3 nitrogen and oxygen atoms in total. The first kappa shape index (κ1) is 13.1. The van der Waals surface area contributed by atoms with Gasteiger partial charge in [-0.2, -0.15) is 0 Å². The highest BCUT2D eigenvalue weighted by Gasteiger charge is 2.27. The molecular formula is C12H16INO2S. The summed E-state index contributed by atoms with van der Waals surface area (Å²) in [6, 6.07) is 7.46. The van der Waals surface area contributed by atoms with Crippen LogP contribution in [0.2, 0.25) is 0 Å². The third kappa shape index (κ3) is 3.34. The fourth-order valence-corrected chi connectivity index (χ4v) is 4.47. The van der Waals surface area contributed by atoms with Crippen LogP contribution >= 0.6 is 22.6 Å². The van der Waals surface area contributed by atoms with Gasteiger partial charge in [0, 0.05) is 3.57 Å². The minimum atomic E-state index is -3.21. The summed E-state index contributed by atoms with van der Waals surface area (Å²) in [4.78, 5) is 0. The van der Waals surface area contributed by atoms with Gasteiger partial charge in [0.15, 0.2) is 0 Å². The molecule has 0 aliphatic heterocycles. The van der Waals surface area contributed by atoms with E-state index in [1.807, 2.05) is 24.3 Å². The van der Waals surface area contributed by atoms with Crippen molar-refractivity contribution < 1.29 is 8.42 Å². The number of hydrogen-bond donors (Lipinski definition) is 1. The highest BCUT2D eigenvalue weighted by Crippen LogP contribution is 2.26. The second kappa shape index (κ2) is 5.56. The molecule has 0 spiro atoms. The Kier molecular flexibility index (Phi) is 4.30. The van der Waals surface area contributed by atoms with Gasteiger partial charge in [-0.25, -0.2) is 8.42 Å². The molecule has 0 radical (unpaired) electrons. The number of sulfonamides is 1. The number of para-hydroxylation sites is 1. The molecule has 94 valence electrons. The summed E-state index contributed by atoms with van der Waals surface area (Å²) >= 11 is 2.14. The predicted molar refractivity (Wildman–Crippen MR) is 78.6 cm³/mol. The lowest BCUT2D eigenvalue weighted by molar-refractivity contribution is 0.486.